The summed E-state index contributed by atoms with van der Waals surface area (Å²) in [6, 6.07) is 0. The second-order valence-corrected chi connectivity index (χ2v) is 6.06. The molecule has 0 spiro atoms. The molecular formula is C19H39O. The predicted molar refractivity (Wildman–Crippen MR) is 91.1 cm³/mol. The molecule has 0 aromatic carbocycles. The van der Waals surface area contributed by atoms with E-state index >= 15 is 0 Å². The van der Waals surface area contributed by atoms with Crippen LogP contribution in [-0.2, 0) is 4.74 Å². The third kappa shape index (κ3) is 18.0. The minimum atomic E-state index is 0.967. The van der Waals surface area contributed by atoms with Gasteiger partial charge in [0.15, 0.2) is 0 Å². The lowest BCUT2D eigenvalue weighted by Gasteiger charge is -2.04. The van der Waals surface area contributed by atoms with Gasteiger partial charge in [-0.05, 0) is 12.8 Å². The van der Waals surface area contributed by atoms with Crippen LogP contribution in [0.15, 0.2) is 0 Å². The van der Waals surface area contributed by atoms with Crippen molar-refractivity contribution in [2.24, 2.45) is 0 Å². The van der Waals surface area contributed by atoms with Crippen molar-refractivity contribution in [3.05, 3.63) is 6.92 Å². The first-order chi connectivity index (χ1) is 9.91. The lowest BCUT2D eigenvalue weighted by molar-refractivity contribution is 0.125. The van der Waals surface area contributed by atoms with Crippen LogP contribution in [0.1, 0.15) is 103 Å². The van der Waals surface area contributed by atoms with Gasteiger partial charge in [0.25, 0.3) is 0 Å². The van der Waals surface area contributed by atoms with Gasteiger partial charge < -0.3 is 4.74 Å². The molecule has 0 aliphatic carbocycles. The van der Waals surface area contributed by atoms with Crippen LogP contribution in [0.5, 0.6) is 0 Å². The Morgan fingerprint density at radius 2 is 0.950 bits per heavy atom. The van der Waals surface area contributed by atoms with Gasteiger partial charge in [-0.25, -0.2) is 0 Å². The molecule has 0 aromatic rings. The fourth-order valence-electron chi connectivity index (χ4n) is 2.53. The lowest BCUT2D eigenvalue weighted by atomic mass is 10.1. The van der Waals surface area contributed by atoms with Crippen LogP contribution in [0.25, 0.3) is 0 Å². The highest BCUT2D eigenvalue weighted by Crippen LogP contribution is 2.10. The second-order valence-electron chi connectivity index (χ2n) is 6.06. The zero-order valence-electron chi connectivity index (χ0n) is 14.1. The summed E-state index contributed by atoms with van der Waals surface area (Å²) in [5.74, 6) is 0. The highest BCUT2D eigenvalue weighted by molar-refractivity contribution is 4.48. The van der Waals surface area contributed by atoms with Gasteiger partial charge in [-0.15, -0.1) is 0 Å². The minimum absolute atomic E-state index is 0.967. The molecule has 20 heavy (non-hydrogen) atoms. The van der Waals surface area contributed by atoms with Crippen LogP contribution in [0.2, 0.25) is 0 Å². The summed E-state index contributed by atoms with van der Waals surface area (Å²) in [6.45, 7) is 8.09. The zero-order valence-corrected chi connectivity index (χ0v) is 14.1. The Kier molecular flexibility index (Phi) is 18.9. The van der Waals surface area contributed by atoms with Crippen LogP contribution < -0.4 is 0 Å². The monoisotopic (exact) mass is 283 g/mol. The molecular weight excluding hydrogens is 244 g/mol. The summed E-state index contributed by atoms with van der Waals surface area (Å²) >= 11 is 0. The van der Waals surface area contributed by atoms with Crippen LogP contribution >= 0.6 is 0 Å². The highest BCUT2D eigenvalue weighted by Gasteiger charge is 1.94. The third-order valence-corrected chi connectivity index (χ3v) is 3.93. The van der Waals surface area contributed by atoms with E-state index in [1.807, 2.05) is 0 Å². The second kappa shape index (κ2) is 19.0. The fraction of sp³-hybridized carbons (Fsp3) is 0.947. The van der Waals surface area contributed by atoms with Gasteiger partial charge in [0.2, 0.25) is 0 Å². The number of rotatable bonds is 17. The number of ether oxygens (including phenoxy) is 1. The summed E-state index contributed by atoms with van der Waals surface area (Å²) in [4.78, 5) is 0. The third-order valence-electron chi connectivity index (χ3n) is 3.93. The molecule has 1 nitrogen and oxygen atoms in total. The Labute approximate surface area is 128 Å². The fourth-order valence-corrected chi connectivity index (χ4v) is 2.53. The van der Waals surface area contributed by atoms with Gasteiger partial charge in [0.1, 0.15) is 0 Å². The van der Waals surface area contributed by atoms with E-state index in [4.69, 9.17) is 4.74 Å². The molecule has 121 valence electrons. The molecule has 0 N–H and O–H groups in total. The van der Waals surface area contributed by atoms with E-state index in [1.165, 1.54) is 89.9 Å². The summed E-state index contributed by atoms with van der Waals surface area (Å²) in [7, 11) is 0. The molecule has 0 unspecified atom stereocenters. The Balaban J connectivity index is 2.89. The highest BCUT2D eigenvalue weighted by atomic mass is 16.5. The molecule has 0 saturated heterocycles. The van der Waals surface area contributed by atoms with E-state index in [2.05, 4.69) is 13.8 Å². The minimum Gasteiger partial charge on any atom is -0.381 e. The maximum absolute atomic E-state index is 5.67. The average molecular weight is 284 g/mol. The van der Waals surface area contributed by atoms with Crippen molar-refractivity contribution in [1.82, 2.24) is 0 Å². The predicted octanol–water partition coefficient (Wildman–Crippen LogP) is 6.71. The zero-order chi connectivity index (χ0) is 14.7. The maximum atomic E-state index is 5.67. The number of hydrogen-bond donors (Lipinski definition) is 0. The largest absolute Gasteiger partial charge is 0.381 e. The summed E-state index contributed by atoms with van der Waals surface area (Å²) < 4.78 is 5.67. The molecule has 0 amide bonds. The number of hydrogen-bond acceptors (Lipinski definition) is 1. The van der Waals surface area contributed by atoms with Crippen LogP contribution in [0, 0.1) is 6.92 Å². The van der Waals surface area contributed by atoms with Crippen molar-refractivity contribution >= 4 is 0 Å². The molecule has 0 fully saturated rings. The van der Waals surface area contributed by atoms with E-state index < -0.39 is 0 Å². The first kappa shape index (κ1) is 20.0. The van der Waals surface area contributed by atoms with E-state index in [1.54, 1.807) is 0 Å². The lowest BCUT2D eigenvalue weighted by Crippen LogP contribution is -1.97. The normalized spacial score (nSPS) is 11.1. The molecule has 0 bridgehead atoms. The summed E-state index contributed by atoms with van der Waals surface area (Å²) in [5.41, 5.74) is 0. The Bertz CT molecular complexity index is 138. The Hall–Kier alpha value is -0.0400. The van der Waals surface area contributed by atoms with Gasteiger partial charge in [0, 0.05) is 13.2 Å². The van der Waals surface area contributed by atoms with Gasteiger partial charge in [0.05, 0.1) is 0 Å². The summed E-state index contributed by atoms with van der Waals surface area (Å²) in [5, 5.41) is 0. The van der Waals surface area contributed by atoms with Gasteiger partial charge in [-0.1, -0.05) is 97.3 Å². The average Bonchev–Trinajstić information content (AvgIpc) is 2.47. The quantitative estimate of drug-likeness (QED) is 0.270. The molecule has 0 aliphatic heterocycles. The van der Waals surface area contributed by atoms with E-state index in [9.17, 15) is 0 Å². The van der Waals surface area contributed by atoms with Crippen LogP contribution in [0.4, 0.5) is 0 Å². The summed E-state index contributed by atoms with van der Waals surface area (Å²) in [6.07, 6.45) is 20.2. The van der Waals surface area contributed by atoms with Crippen molar-refractivity contribution in [2.75, 3.05) is 13.2 Å². The Morgan fingerprint density at radius 1 is 0.550 bits per heavy atom. The first-order valence-corrected chi connectivity index (χ1v) is 9.28. The number of unbranched alkanes of at least 4 members (excludes halogenated alkanes) is 13. The van der Waals surface area contributed by atoms with Crippen LogP contribution in [-0.4, -0.2) is 13.2 Å². The topological polar surface area (TPSA) is 9.23 Å². The van der Waals surface area contributed by atoms with Crippen molar-refractivity contribution in [1.29, 1.82) is 0 Å². The van der Waals surface area contributed by atoms with Crippen molar-refractivity contribution < 1.29 is 4.74 Å². The van der Waals surface area contributed by atoms with E-state index in [0.29, 0.717) is 0 Å². The van der Waals surface area contributed by atoms with Crippen molar-refractivity contribution in [2.45, 2.75) is 103 Å². The SMILES string of the molecule is [CH2]CCCCCCOCCCCCCCCCCCC. The maximum Gasteiger partial charge on any atom is 0.0466 e. The van der Waals surface area contributed by atoms with Crippen LogP contribution in [0.3, 0.4) is 0 Å². The molecule has 0 rings (SSSR count). The molecule has 1 radical (unpaired) electrons. The first-order valence-electron chi connectivity index (χ1n) is 9.28. The van der Waals surface area contributed by atoms with Crippen molar-refractivity contribution in [3.63, 3.8) is 0 Å². The van der Waals surface area contributed by atoms with Gasteiger partial charge >= 0.3 is 0 Å². The molecule has 0 aromatic heterocycles. The standard InChI is InChI=1S/C19H39O/c1-3-5-7-9-10-11-12-13-15-17-19-20-18-16-14-8-6-4-2/h2-19H2,1H3. The molecule has 0 saturated carbocycles. The van der Waals surface area contributed by atoms with Gasteiger partial charge in [-0.3, -0.25) is 0 Å². The Morgan fingerprint density at radius 3 is 1.40 bits per heavy atom. The van der Waals surface area contributed by atoms with E-state index in [-0.39, 0.29) is 0 Å². The molecule has 0 heterocycles. The smallest absolute Gasteiger partial charge is 0.0466 e. The van der Waals surface area contributed by atoms with Crippen molar-refractivity contribution in [3.8, 4) is 0 Å². The van der Waals surface area contributed by atoms with E-state index in [0.717, 1.165) is 19.6 Å². The molecule has 0 aliphatic rings. The van der Waals surface area contributed by atoms with Gasteiger partial charge in [-0.2, -0.15) is 0 Å². The molecule has 0 atom stereocenters. The molecule has 1 heteroatoms.